The molecule has 0 saturated heterocycles. The van der Waals surface area contributed by atoms with Crippen molar-refractivity contribution >= 4 is 101 Å². The van der Waals surface area contributed by atoms with Crippen molar-refractivity contribution < 1.29 is 2.74 Å². The second-order valence-corrected chi connectivity index (χ2v) is 17.4. The minimum Gasteiger partial charge on any atom is -0.337 e. The van der Waals surface area contributed by atoms with Gasteiger partial charge in [-0.25, -0.2) is 0 Å². The van der Waals surface area contributed by atoms with Crippen LogP contribution in [0.5, 0.6) is 0 Å². The van der Waals surface area contributed by atoms with E-state index in [1.165, 1.54) is 77.4 Å². The quantitative estimate of drug-likeness (QED) is 0.119. The second-order valence-electron chi connectivity index (χ2n) is 17.4. The number of fused-ring (bicyclic) bond motifs is 8. The van der Waals surface area contributed by atoms with Gasteiger partial charge in [-0.3, -0.25) is 0 Å². The van der Waals surface area contributed by atoms with Crippen LogP contribution in [-0.2, 0) is 0 Å². The molecule has 52 heavy (non-hydrogen) atoms. The fraction of sp³-hybridized carbons (Fsp3) is 0.167. The van der Waals surface area contributed by atoms with Gasteiger partial charge in [0.15, 0.2) is 0 Å². The van der Waals surface area contributed by atoms with E-state index in [9.17, 15) is 2.74 Å². The molecule has 0 radical (unpaired) electrons. The lowest BCUT2D eigenvalue weighted by molar-refractivity contribution is 0.561. The Labute approximate surface area is 309 Å². The molecule has 0 fully saturated rings. The lowest BCUT2D eigenvalue weighted by Crippen LogP contribution is -2.62. The van der Waals surface area contributed by atoms with Crippen LogP contribution in [0.4, 0.5) is 22.7 Å². The molecule has 8 aromatic carbocycles. The Kier molecular flexibility index (Phi) is 4.87. The normalized spacial score (nSPS) is 15.5. The molecule has 2 nitrogen and oxygen atoms in total. The van der Waals surface area contributed by atoms with E-state index in [1.807, 2.05) is 0 Å². The van der Waals surface area contributed by atoms with Crippen LogP contribution in [0.25, 0.3) is 54.6 Å². The van der Waals surface area contributed by atoms with Crippen molar-refractivity contribution in [1.82, 2.24) is 0 Å². The first-order valence-corrected chi connectivity index (χ1v) is 18.8. The summed E-state index contributed by atoms with van der Waals surface area (Å²) >= 11 is 0. The van der Waals surface area contributed by atoms with Crippen molar-refractivity contribution in [2.75, 3.05) is 9.80 Å². The fourth-order valence-corrected chi connectivity index (χ4v) is 10.9. The van der Waals surface area contributed by atoms with Gasteiger partial charge in [0.25, 0.3) is 0 Å². The number of para-hydroxylation sites is 2. The number of benzene rings is 8. The molecule has 0 unspecified atom stereocenters. The first-order chi connectivity index (χ1) is 25.9. The van der Waals surface area contributed by atoms with Crippen LogP contribution in [0.1, 0.15) is 44.3 Å². The highest BCUT2D eigenvalue weighted by molar-refractivity contribution is 7.02. The molecule has 0 bridgehead atoms. The summed E-state index contributed by atoms with van der Waals surface area (Å²) in [6.07, 6.45) is 0. The van der Waals surface area contributed by atoms with Gasteiger partial charge < -0.3 is 9.80 Å². The Balaban J connectivity index is 1.26. The number of rotatable bonds is 0. The molecule has 0 aromatic heterocycles. The van der Waals surface area contributed by atoms with Crippen molar-refractivity contribution in [2.24, 2.45) is 0 Å². The average molecular weight is 666 g/mol. The molecular weight excluding hydrogens is 626 g/mol. The second kappa shape index (κ2) is 9.30. The first-order valence-electron chi connectivity index (χ1n) is 19.8. The van der Waals surface area contributed by atoms with E-state index in [4.69, 9.17) is 0 Å². The monoisotopic (exact) mass is 666 g/mol. The van der Waals surface area contributed by atoms with Crippen LogP contribution in [0.3, 0.4) is 0 Å². The number of anilines is 4. The van der Waals surface area contributed by atoms with Crippen molar-refractivity contribution in [3.05, 3.63) is 121 Å². The van der Waals surface area contributed by atoms with E-state index < -0.39 is 0 Å². The average Bonchev–Trinajstić information content (AvgIpc) is 3.14. The molecule has 0 spiro atoms. The number of hydrogen-bond donors (Lipinski definition) is 0. The zero-order valence-corrected chi connectivity index (χ0v) is 30.4. The topological polar surface area (TPSA) is 6.48 Å². The molecule has 0 saturated carbocycles. The molecule has 4 aliphatic rings. The van der Waals surface area contributed by atoms with E-state index >= 15 is 0 Å². The summed E-state index contributed by atoms with van der Waals surface area (Å²) in [5, 5.41) is 6.74. The maximum absolute atomic E-state index is 9.82. The smallest absolute Gasteiger partial charge is 0.248 e. The Morgan fingerprint density at radius 1 is 0.423 bits per heavy atom. The highest BCUT2D eigenvalue weighted by Crippen LogP contribution is 2.47. The van der Waals surface area contributed by atoms with Crippen molar-refractivity contribution in [3.8, 4) is 22.3 Å². The molecule has 246 valence electrons. The molecule has 0 N–H and O–H groups in total. The summed E-state index contributed by atoms with van der Waals surface area (Å²) in [4.78, 5) is 5.02. The molecule has 0 aliphatic carbocycles. The Morgan fingerprint density at radius 3 is 1.25 bits per heavy atom. The van der Waals surface area contributed by atoms with Gasteiger partial charge in [0, 0.05) is 33.8 Å². The van der Waals surface area contributed by atoms with E-state index in [2.05, 4.69) is 161 Å². The SMILES string of the molecule is [2H]c1cc2c3c(cc4c([2H])cc5c6c(cc1c3c46)B1c3ccccc3N(C(C)(C)C)c3cccc-5c31)B1c3ccccc3N(C(C)(C)C)c3cccc-2c31. The van der Waals surface area contributed by atoms with Gasteiger partial charge in [0.05, 0.1) is 2.74 Å². The predicted octanol–water partition coefficient (Wildman–Crippen LogP) is 8.08. The highest BCUT2D eigenvalue weighted by atomic mass is 15.2. The molecule has 0 atom stereocenters. The number of hydrogen-bond acceptors (Lipinski definition) is 2. The van der Waals surface area contributed by atoms with Crippen molar-refractivity contribution in [2.45, 2.75) is 52.6 Å². The number of nitrogens with zero attached hydrogens (tertiary/aromatic N) is 2. The van der Waals surface area contributed by atoms with Crippen LogP contribution in [0, 0.1) is 0 Å². The summed E-state index contributed by atoms with van der Waals surface area (Å²) in [6.45, 7) is 13.8. The van der Waals surface area contributed by atoms with Gasteiger partial charge >= 0.3 is 0 Å². The van der Waals surface area contributed by atoms with Crippen LogP contribution < -0.4 is 42.6 Å². The summed E-state index contributed by atoms with van der Waals surface area (Å²) in [5.74, 6) is 0. The van der Waals surface area contributed by atoms with Crippen molar-refractivity contribution in [3.63, 3.8) is 0 Å². The van der Waals surface area contributed by atoms with Crippen LogP contribution in [0.15, 0.2) is 121 Å². The minimum atomic E-state index is -0.146. The maximum atomic E-state index is 9.82. The lowest BCUT2D eigenvalue weighted by Gasteiger charge is -2.47. The standard InChI is InChI=1S/C48H38B2N2/c1-47(2,3)51-37-17-9-7-15-33(37)49-35-25-27-22-24-30-32-14-12-20-40-46(32)50(34-16-8-10-18-38(34)52(40)48(4,5)6)36-26-28-21-23-29(31-13-11-19-39(51)45(31)49)43(35)41(28)42(27)44(30)36/h7-26H,1-6H3/i21D,22D. The van der Waals surface area contributed by atoms with Gasteiger partial charge in [0.1, 0.15) is 0 Å². The maximum Gasteiger partial charge on any atom is 0.248 e. The Bertz CT molecular complexity index is 2820. The van der Waals surface area contributed by atoms with E-state index in [1.54, 1.807) is 0 Å². The van der Waals surface area contributed by atoms with Crippen LogP contribution in [0.2, 0.25) is 0 Å². The zero-order chi connectivity index (χ0) is 36.7. The summed E-state index contributed by atoms with van der Waals surface area (Å²) < 4.78 is 19.6. The zero-order valence-electron chi connectivity index (χ0n) is 32.4. The van der Waals surface area contributed by atoms with Crippen molar-refractivity contribution in [1.29, 1.82) is 0 Å². The van der Waals surface area contributed by atoms with Gasteiger partial charge in [-0.2, -0.15) is 0 Å². The minimum absolute atomic E-state index is 0.0185. The van der Waals surface area contributed by atoms with Gasteiger partial charge in [-0.1, -0.05) is 108 Å². The third-order valence-electron chi connectivity index (χ3n) is 12.5. The Hall–Kier alpha value is -5.47. The summed E-state index contributed by atoms with van der Waals surface area (Å²) in [5.41, 5.74) is 17.1. The third kappa shape index (κ3) is 3.36. The molecule has 4 heteroatoms. The molecule has 8 aromatic rings. The molecular formula is C48H38B2N2. The predicted molar refractivity (Wildman–Crippen MR) is 227 cm³/mol. The molecule has 0 amide bonds. The van der Waals surface area contributed by atoms with E-state index in [0.29, 0.717) is 12.1 Å². The molecule has 4 aliphatic heterocycles. The molecule has 12 rings (SSSR count). The largest absolute Gasteiger partial charge is 0.337 e. The Morgan fingerprint density at radius 2 is 0.827 bits per heavy atom. The van der Waals surface area contributed by atoms with Gasteiger partial charge in [0.2, 0.25) is 13.4 Å². The molecule has 4 heterocycles. The summed E-state index contributed by atoms with van der Waals surface area (Å²) in [7, 11) is 0. The van der Waals surface area contributed by atoms with Gasteiger partial charge in [-0.15, -0.1) is 0 Å². The van der Waals surface area contributed by atoms with Crippen LogP contribution in [-0.4, -0.2) is 24.5 Å². The van der Waals surface area contributed by atoms with Crippen LogP contribution >= 0.6 is 0 Å². The van der Waals surface area contributed by atoms with E-state index in [0.717, 1.165) is 32.7 Å². The highest BCUT2D eigenvalue weighted by Gasteiger charge is 2.46. The first kappa shape index (κ1) is 27.2. The lowest BCUT2D eigenvalue weighted by atomic mass is 9.31. The van der Waals surface area contributed by atoms with E-state index in [-0.39, 0.29) is 24.5 Å². The van der Waals surface area contributed by atoms with Gasteiger partial charge in [-0.05, 0) is 142 Å². The summed E-state index contributed by atoms with van der Waals surface area (Å²) in [6, 6.07) is 41.5. The third-order valence-corrected chi connectivity index (χ3v) is 12.5. The fourth-order valence-electron chi connectivity index (χ4n) is 10.9.